The van der Waals surface area contributed by atoms with Gasteiger partial charge in [-0.3, -0.25) is 20.7 Å². The molecule has 1 aliphatic heterocycles. The maximum Gasteiger partial charge on any atom is 0.141 e. The van der Waals surface area contributed by atoms with E-state index in [2.05, 4.69) is 25.9 Å². The van der Waals surface area contributed by atoms with E-state index >= 15 is 0 Å². The summed E-state index contributed by atoms with van der Waals surface area (Å²) in [6.45, 7) is 4.14. The standard InChI is InChI=1S/C22H21N9/c1-13-12-30(16-5-3-15(8-23)4-6-16)19-7-17(18-9-29-21(25)11-28-18)27-10-20(19)31(14(2)24)22(13)26/h3-7,9-11,13,24,26H,12H2,1-2H3,(H2,25,29)/t13-/m1/s1. The summed E-state index contributed by atoms with van der Waals surface area (Å²) in [6.07, 6.45) is 4.70. The Morgan fingerprint density at radius 3 is 2.42 bits per heavy atom. The fraction of sp³-hybridized carbons (Fsp3) is 0.182. The monoisotopic (exact) mass is 411 g/mol. The summed E-state index contributed by atoms with van der Waals surface area (Å²) >= 11 is 0. The van der Waals surface area contributed by atoms with Gasteiger partial charge in [-0.1, -0.05) is 6.92 Å². The number of nitrogens with one attached hydrogen (secondary N) is 2. The van der Waals surface area contributed by atoms with Crippen LogP contribution in [0, 0.1) is 28.1 Å². The molecule has 0 spiro atoms. The Bertz CT molecular complexity index is 1190. The predicted molar refractivity (Wildman–Crippen MR) is 121 cm³/mol. The van der Waals surface area contributed by atoms with Crippen LogP contribution < -0.4 is 15.5 Å². The second-order valence-corrected chi connectivity index (χ2v) is 7.36. The van der Waals surface area contributed by atoms with Crippen LogP contribution in [0.25, 0.3) is 11.4 Å². The van der Waals surface area contributed by atoms with Crippen molar-refractivity contribution in [3.05, 3.63) is 54.5 Å². The Balaban J connectivity index is 1.92. The molecule has 0 unspecified atom stereocenters. The number of fused-ring (bicyclic) bond motifs is 1. The van der Waals surface area contributed by atoms with Crippen molar-refractivity contribution < 1.29 is 0 Å². The minimum absolute atomic E-state index is 0.150. The van der Waals surface area contributed by atoms with Crippen LogP contribution in [0.5, 0.6) is 0 Å². The quantitative estimate of drug-likeness (QED) is 0.432. The molecule has 4 rings (SSSR count). The fourth-order valence-corrected chi connectivity index (χ4v) is 3.57. The van der Waals surface area contributed by atoms with Gasteiger partial charge in [0, 0.05) is 18.2 Å². The lowest BCUT2D eigenvalue weighted by Gasteiger charge is -2.27. The average Bonchev–Trinajstić information content (AvgIpc) is 2.88. The number of nitriles is 1. The van der Waals surface area contributed by atoms with Crippen molar-refractivity contribution in [2.75, 3.05) is 22.1 Å². The highest BCUT2D eigenvalue weighted by molar-refractivity contribution is 6.19. The number of rotatable bonds is 2. The largest absolute Gasteiger partial charge is 0.382 e. The lowest BCUT2D eigenvalue weighted by Crippen LogP contribution is -2.38. The molecular formula is C22H21N9. The van der Waals surface area contributed by atoms with Crippen molar-refractivity contribution >= 4 is 34.6 Å². The summed E-state index contributed by atoms with van der Waals surface area (Å²) < 4.78 is 0. The summed E-state index contributed by atoms with van der Waals surface area (Å²) in [5.41, 5.74) is 9.71. The molecule has 3 heterocycles. The second kappa shape index (κ2) is 7.84. The fourth-order valence-electron chi connectivity index (χ4n) is 3.57. The summed E-state index contributed by atoms with van der Waals surface area (Å²) in [5.74, 6) is 0.738. The summed E-state index contributed by atoms with van der Waals surface area (Å²) in [6, 6.07) is 11.3. The Kier molecular flexibility index (Phi) is 5.05. The van der Waals surface area contributed by atoms with E-state index < -0.39 is 0 Å². The molecule has 1 aromatic carbocycles. The van der Waals surface area contributed by atoms with Crippen LogP contribution in [0.2, 0.25) is 0 Å². The van der Waals surface area contributed by atoms with Gasteiger partial charge in [0.15, 0.2) is 0 Å². The van der Waals surface area contributed by atoms with E-state index in [9.17, 15) is 0 Å². The number of aromatic nitrogens is 3. The van der Waals surface area contributed by atoms with Gasteiger partial charge in [-0.05, 0) is 37.3 Å². The highest BCUT2D eigenvalue weighted by Crippen LogP contribution is 2.40. The second-order valence-electron chi connectivity index (χ2n) is 7.36. The van der Waals surface area contributed by atoms with E-state index in [4.69, 9.17) is 21.8 Å². The van der Waals surface area contributed by atoms with E-state index in [1.54, 1.807) is 36.4 Å². The highest BCUT2D eigenvalue weighted by atomic mass is 15.3. The molecule has 4 N–H and O–H groups in total. The minimum Gasteiger partial charge on any atom is -0.382 e. The van der Waals surface area contributed by atoms with Gasteiger partial charge < -0.3 is 10.6 Å². The molecular weight excluding hydrogens is 390 g/mol. The molecule has 9 nitrogen and oxygen atoms in total. The van der Waals surface area contributed by atoms with Gasteiger partial charge in [0.25, 0.3) is 0 Å². The number of hydrogen-bond donors (Lipinski definition) is 3. The van der Waals surface area contributed by atoms with Gasteiger partial charge in [0.2, 0.25) is 0 Å². The van der Waals surface area contributed by atoms with Crippen LogP contribution >= 0.6 is 0 Å². The number of benzene rings is 1. The molecule has 31 heavy (non-hydrogen) atoms. The number of nitrogens with two attached hydrogens (primary N) is 1. The molecule has 0 bridgehead atoms. The molecule has 0 saturated carbocycles. The predicted octanol–water partition coefficient (Wildman–Crippen LogP) is 3.56. The number of amidine groups is 2. The van der Waals surface area contributed by atoms with E-state index in [0.717, 1.165) is 11.4 Å². The molecule has 2 aromatic heterocycles. The summed E-state index contributed by atoms with van der Waals surface area (Å²) in [7, 11) is 0. The first-order valence-corrected chi connectivity index (χ1v) is 9.68. The summed E-state index contributed by atoms with van der Waals surface area (Å²) in [4.78, 5) is 16.6. The molecule has 0 aliphatic carbocycles. The molecule has 0 saturated heterocycles. The van der Waals surface area contributed by atoms with Gasteiger partial charge in [0.05, 0.1) is 47.3 Å². The number of hydrogen-bond acceptors (Lipinski definition) is 8. The van der Waals surface area contributed by atoms with Gasteiger partial charge in [-0.25, -0.2) is 9.97 Å². The Hall–Kier alpha value is -4.32. The van der Waals surface area contributed by atoms with Crippen molar-refractivity contribution in [2.24, 2.45) is 5.92 Å². The van der Waals surface area contributed by atoms with Crippen LogP contribution in [-0.2, 0) is 0 Å². The van der Waals surface area contributed by atoms with Crippen LogP contribution in [0.3, 0.4) is 0 Å². The zero-order valence-electron chi connectivity index (χ0n) is 17.2. The minimum atomic E-state index is -0.150. The normalized spacial score (nSPS) is 15.8. The van der Waals surface area contributed by atoms with Crippen LogP contribution in [0.1, 0.15) is 19.4 Å². The summed E-state index contributed by atoms with van der Waals surface area (Å²) in [5, 5.41) is 26.1. The smallest absolute Gasteiger partial charge is 0.141 e. The van der Waals surface area contributed by atoms with E-state index in [1.807, 2.05) is 25.1 Å². The Labute approximate surface area is 179 Å². The molecule has 1 aliphatic rings. The molecule has 154 valence electrons. The van der Waals surface area contributed by atoms with Crippen molar-refractivity contribution in [3.8, 4) is 17.5 Å². The van der Waals surface area contributed by atoms with Gasteiger partial charge in [0.1, 0.15) is 23.2 Å². The maximum absolute atomic E-state index is 9.14. The lowest BCUT2D eigenvalue weighted by molar-refractivity contribution is 0.757. The third-order valence-corrected chi connectivity index (χ3v) is 5.14. The van der Waals surface area contributed by atoms with Gasteiger partial charge >= 0.3 is 0 Å². The van der Waals surface area contributed by atoms with Crippen LogP contribution in [-0.4, -0.2) is 33.2 Å². The van der Waals surface area contributed by atoms with Gasteiger partial charge in [-0.15, -0.1) is 0 Å². The van der Waals surface area contributed by atoms with Crippen molar-refractivity contribution in [3.63, 3.8) is 0 Å². The Morgan fingerprint density at radius 2 is 1.81 bits per heavy atom. The zero-order chi connectivity index (χ0) is 22.1. The van der Waals surface area contributed by atoms with Crippen molar-refractivity contribution in [1.29, 1.82) is 16.1 Å². The third-order valence-electron chi connectivity index (χ3n) is 5.14. The molecule has 3 aromatic rings. The van der Waals surface area contributed by atoms with Crippen LogP contribution in [0.15, 0.2) is 48.9 Å². The zero-order valence-corrected chi connectivity index (χ0v) is 17.2. The first-order valence-electron chi connectivity index (χ1n) is 9.68. The molecule has 0 fully saturated rings. The number of nitrogens with zero attached hydrogens (tertiary/aromatic N) is 6. The molecule has 1 atom stereocenters. The first kappa shape index (κ1) is 20.0. The topological polar surface area (TPSA) is 143 Å². The van der Waals surface area contributed by atoms with E-state index in [0.29, 0.717) is 40.8 Å². The molecule has 9 heteroatoms. The average molecular weight is 411 g/mol. The van der Waals surface area contributed by atoms with Crippen molar-refractivity contribution in [1.82, 2.24) is 15.0 Å². The third kappa shape index (κ3) is 3.67. The highest BCUT2D eigenvalue weighted by Gasteiger charge is 2.31. The van der Waals surface area contributed by atoms with Gasteiger partial charge in [-0.2, -0.15) is 5.26 Å². The SMILES string of the molecule is CC(=N)N1C(=N)[C@H](C)CN(c2ccc(C#N)cc2)c2cc(-c3cnc(N)cn3)ncc21. The molecule has 0 amide bonds. The lowest BCUT2D eigenvalue weighted by atomic mass is 10.1. The molecule has 0 radical (unpaired) electrons. The first-order chi connectivity index (χ1) is 14.9. The maximum atomic E-state index is 9.14. The number of pyridine rings is 1. The van der Waals surface area contributed by atoms with E-state index in [1.165, 1.54) is 6.20 Å². The number of nitrogen functional groups attached to an aromatic ring is 1. The van der Waals surface area contributed by atoms with Crippen molar-refractivity contribution in [2.45, 2.75) is 13.8 Å². The Morgan fingerprint density at radius 1 is 1.10 bits per heavy atom. The van der Waals surface area contributed by atoms with Crippen LogP contribution in [0.4, 0.5) is 22.9 Å². The van der Waals surface area contributed by atoms with E-state index in [-0.39, 0.29) is 11.8 Å². The number of anilines is 4.